The Kier molecular flexibility index (Phi) is 4.51. The van der Waals surface area contributed by atoms with E-state index in [1.807, 2.05) is 31.2 Å². The van der Waals surface area contributed by atoms with Gasteiger partial charge in [0.25, 0.3) is 0 Å². The number of carbonyl (C=O) groups is 1. The smallest absolute Gasteiger partial charge is 0.315 e. The fraction of sp³-hybridized carbons (Fsp3) is 0.263. The van der Waals surface area contributed by atoms with Gasteiger partial charge < -0.3 is 15.6 Å². The van der Waals surface area contributed by atoms with E-state index >= 15 is 0 Å². The van der Waals surface area contributed by atoms with Crippen molar-refractivity contribution >= 4 is 16.9 Å². The number of nitrogens with zero attached hydrogens (tertiary/aromatic N) is 1. The Hall–Kier alpha value is -2.82. The number of aromatic amines is 1. The second-order valence-corrected chi connectivity index (χ2v) is 6.06. The molecule has 0 saturated heterocycles. The molecular weight excluding hydrogens is 300 g/mol. The Labute approximate surface area is 141 Å². The minimum atomic E-state index is -0.199. The first-order valence-corrected chi connectivity index (χ1v) is 8.07. The van der Waals surface area contributed by atoms with E-state index in [0.29, 0.717) is 6.54 Å². The molecule has 2 aromatic heterocycles. The van der Waals surface area contributed by atoms with Crippen LogP contribution in [-0.2, 0) is 6.54 Å². The van der Waals surface area contributed by atoms with Crippen molar-refractivity contribution in [2.24, 2.45) is 0 Å². The van der Waals surface area contributed by atoms with Crippen molar-refractivity contribution in [2.75, 3.05) is 0 Å². The molecule has 3 rings (SSSR count). The first-order chi connectivity index (χ1) is 11.5. The highest BCUT2D eigenvalue weighted by Crippen LogP contribution is 2.22. The van der Waals surface area contributed by atoms with Gasteiger partial charge in [-0.2, -0.15) is 0 Å². The lowest BCUT2D eigenvalue weighted by Crippen LogP contribution is -2.36. The molecule has 124 valence electrons. The molecule has 0 aliphatic carbocycles. The number of carbonyl (C=O) groups excluding carboxylic acids is 1. The van der Waals surface area contributed by atoms with Crippen LogP contribution in [0.4, 0.5) is 4.79 Å². The van der Waals surface area contributed by atoms with Crippen molar-refractivity contribution in [2.45, 2.75) is 33.4 Å². The predicted molar refractivity (Wildman–Crippen MR) is 95.8 cm³/mol. The van der Waals surface area contributed by atoms with E-state index in [1.54, 1.807) is 6.20 Å². The third-order valence-electron chi connectivity index (χ3n) is 4.30. The molecule has 0 aliphatic heterocycles. The van der Waals surface area contributed by atoms with Gasteiger partial charge in [-0.15, -0.1) is 0 Å². The Morgan fingerprint density at radius 2 is 2.08 bits per heavy atom. The van der Waals surface area contributed by atoms with Crippen molar-refractivity contribution < 1.29 is 4.79 Å². The number of rotatable bonds is 4. The molecule has 1 unspecified atom stereocenters. The maximum atomic E-state index is 12.1. The number of nitrogens with one attached hydrogen (secondary N) is 3. The highest BCUT2D eigenvalue weighted by molar-refractivity contribution is 5.85. The van der Waals surface area contributed by atoms with E-state index in [9.17, 15) is 4.79 Å². The molecule has 5 nitrogen and oxygen atoms in total. The number of pyridine rings is 1. The Balaban J connectivity index is 1.61. The maximum Gasteiger partial charge on any atom is 0.315 e. The average Bonchev–Trinajstić information content (AvgIpc) is 2.88. The first-order valence-electron chi connectivity index (χ1n) is 8.07. The largest absolute Gasteiger partial charge is 0.358 e. The lowest BCUT2D eigenvalue weighted by atomic mass is 10.1. The van der Waals surface area contributed by atoms with Gasteiger partial charge in [0.2, 0.25) is 0 Å². The van der Waals surface area contributed by atoms with Gasteiger partial charge in [-0.3, -0.25) is 4.98 Å². The van der Waals surface area contributed by atoms with Gasteiger partial charge in [0.1, 0.15) is 0 Å². The van der Waals surface area contributed by atoms with Crippen molar-refractivity contribution in [3.8, 4) is 0 Å². The summed E-state index contributed by atoms with van der Waals surface area (Å²) in [6.45, 7) is 6.58. The van der Waals surface area contributed by atoms with E-state index in [-0.39, 0.29) is 12.1 Å². The quantitative estimate of drug-likeness (QED) is 0.685. The van der Waals surface area contributed by atoms with Gasteiger partial charge in [-0.05, 0) is 56.2 Å². The lowest BCUT2D eigenvalue weighted by molar-refractivity contribution is 0.237. The van der Waals surface area contributed by atoms with Crippen molar-refractivity contribution in [3.63, 3.8) is 0 Å². The number of aryl methyl sites for hydroxylation is 2. The van der Waals surface area contributed by atoms with E-state index in [1.165, 1.54) is 16.6 Å². The van der Waals surface area contributed by atoms with E-state index in [4.69, 9.17) is 0 Å². The normalized spacial score (nSPS) is 12.1. The summed E-state index contributed by atoms with van der Waals surface area (Å²) >= 11 is 0. The van der Waals surface area contributed by atoms with Crippen LogP contribution >= 0.6 is 0 Å². The number of benzene rings is 1. The fourth-order valence-electron chi connectivity index (χ4n) is 2.75. The lowest BCUT2D eigenvalue weighted by Gasteiger charge is -2.14. The second-order valence-electron chi connectivity index (χ2n) is 6.06. The summed E-state index contributed by atoms with van der Waals surface area (Å²) in [6.07, 6.45) is 1.72. The van der Waals surface area contributed by atoms with E-state index in [0.717, 1.165) is 16.8 Å². The number of amides is 2. The third-order valence-corrected chi connectivity index (χ3v) is 4.30. The minimum absolute atomic E-state index is 0.136. The number of fused-ring (bicyclic) bond motifs is 1. The van der Waals surface area contributed by atoms with E-state index < -0.39 is 0 Å². The topological polar surface area (TPSA) is 69.8 Å². The third kappa shape index (κ3) is 3.40. The van der Waals surface area contributed by atoms with Gasteiger partial charge in [0, 0.05) is 29.3 Å². The van der Waals surface area contributed by atoms with Crippen LogP contribution in [0.5, 0.6) is 0 Å². The number of hydrogen-bond donors (Lipinski definition) is 3. The number of H-pyrrole nitrogens is 1. The molecule has 5 heteroatoms. The SMILES string of the molecule is Cc1[nH]c2ccc(CNC(=O)NC(C)c3ccccn3)cc2c1C. The molecule has 24 heavy (non-hydrogen) atoms. The zero-order valence-corrected chi connectivity index (χ0v) is 14.2. The average molecular weight is 322 g/mol. The monoisotopic (exact) mass is 322 g/mol. The predicted octanol–water partition coefficient (Wildman–Crippen LogP) is 3.74. The molecule has 3 N–H and O–H groups in total. The van der Waals surface area contributed by atoms with Crippen LogP contribution in [-0.4, -0.2) is 16.0 Å². The molecule has 0 spiro atoms. The molecule has 3 aromatic rings. The Bertz CT molecular complexity index is 854. The molecule has 1 atom stereocenters. The zero-order chi connectivity index (χ0) is 17.1. The summed E-state index contributed by atoms with van der Waals surface area (Å²) in [6, 6.07) is 11.5. The molecule has 0 saturated carbocycles. The van der Waals surface area contributed by atoms with Crippen LogP contribution in [0.25, 0.3) is 10.9 Å². The Morgan fingerprint density at radius 1 is 1.25 bits per heavy atom. The van der Waals surface area contributed by atoms with Crippen molar-refractivity contribution in [1.29, 1.82) is 0 Å². The molecular formula is C19H22N4O. The standard InChI is InChI=1S/C19H22N4O/c1-12-13(2)22-18-8-7-15(10-16(12)18)11-21-19(24)23-14(3)17-6-4-5-9-20-17/h4-10,14,22H,11H2,1-3H3,(H2,21,23,24). The van der Waals surface area contributed by atoms with Crippen molar-refractivity contribution in [1.82, 2.24) is 20.6 Å². The highest BCUT2D eigenvalue weighted by atomic mass is 16.2. The van der Waals surface area contributed by atoms with Crippen LogP contribution in [0.3, 0.4) is 0 Å². The van der Waals surface area contributed by atoms with Gasteiger partial charge >= 0.3 is 6.03 Å². The van der Waals surface area contributed by atoms with Crippen LogP contribution in [0.1, 0.15) is 35.5 Å². The van der Waals surface area contributed by atoms with Gasteiger partial charge in [0.15, 0.2) is 0 Å². The molecule has 0 aliphatic rings. The molecule has 1 aromatic carbocycles. The van der Waals surface area contributed by atoms with Crippen molar-refractivity contribution in [3.05, 3.63) is 65.1 Å². The summed E-state index contributed by atoms with van der Waals surface area (Å²) in [4.78, 5) is 19.7. The molecule has 2 amide bonds. The zero-order valence-electron chi connectivity index (χ0n) is 14.2. The van der Waals surface area contributed by atoms with Gasteiger partial charge in [0.05, 0.1) is 11.7 Å². The van der Waals surface area contributed by atoms with Crippen LogP contribution in [0, 0.1) is 13.8 Å². The number of hydrogen-bond acceptors (Lipinski definition) is 2. The van der Waals surface area contributed by atoms with Crippen LogP contribution in [0.2, 0.25) is 0 Å². The first kappa shape index (κ1) is 16.1. The van der Waals surface area contributed by atoms with E-state index in [2.05, 4.69) is 46.6 Å². The summed E-state index contributed by atoms with van der Waals surface area (Å²) in [7, 11) is 0. The molecule has 0 radical (unpaired) electrons. The second kappa shape index (κ2) is 6.74. The highest BCUT2D eigenvalue weighted by Gasteiger charge is 2.10. The Morgan fingerprint density at radius 3 is 2.83 bits per heavy atom. The summed E-state index contributed by atoms with van der Waals surface area (Å²) in [5.41, 5.74) is 5.47. The summed E-state index contributed by atoms with van der Waals surface area (Å²) < 4.78 is 0. The number of urea groups is 1. The fourth-order valence-corrected chi connectivity index (χ4v) is 2.75. The molecule has 0 bridgehead atoms. The van der Waals surface area contributed by atoms with Gasteiger partial charge in [-0.1, -0.05) is 12.1 Å². The summed E-state index contributed by atoms with van der Waals surface area (Å²) in [5, 5.41) is 7.01. The number of aromatic nitrogens is 2. The minimum Gasteiger partial charge on any atom is -0.358 e. The van der Waals surface area contributed by atoms with Gasteiger partial charge in [-0.25, -0.2) is 4.79 Å². The molecule has 2 heterocycles. The van der Waals surface area contributed by atoms with Crippen LogP contribution in [0.15, 0.2) is 42.6 Å². The summed E-state index contributed by atoms with van der Waals surface area (Å²) in [5.74, 6) is 0. The maximum absolute atomic E-state index is 12.1. The molecule has 0 fully saturated rings. The van der Waals surface area contributed by atoms with Crippen LogP contribution < -0.4 is 10.6 Å².